The van der Waals surface area contributed by atoms with Gasteiger partial charge in [-0.15, -0.1) is 0 Å². The molecule has 1 atom stereocenters. The number of hydrogen-bond acceptors (Lipinski definition) is 4. The lowest BCUT2D eigenvalue weighted by molar-refractivity contribution is 0.0711. The number of carbonyl (C=O) groups excluding carboxylic acids is 1. The molecule has 1 amide bonds. The van der Waals surface area contributed by atoms with Crippen molar-refractivity contribution in [3.63, 3.8) is 0 Å². The predicted octanol–water partition coefficient (Wildman–Crippen LogP) is 3.46. The van der Waals surface area contributed by atoms with Crippen molar-refractivity contribution < 1.29 is 17.6 Å². The Labute approximate surface area is 173 Å². The van der Waals surface area contributed by atoms with Crippen molar-refractivity contribution in [3.8, 4) is 0 Å². The third kappa shape index (κ3) is 4.00. The van der Waals surface area contributed by atoms with Gasteiger partial charge in [-0.3, -0.25) is 4.79 Å². The summed E-state index contributed by atoms with van der Waals surface area (Å²) in [4.78, 5) is 13.1. The molecule has 0 fully saturated rings. The summed E-state index contributed by atoms with van der Waals surface area (Å²) >= 11 is 0. The van der Waals surface area contributed by atoms with E-state index >= 15 is 0 Å². The quantitative estimate of drug-likeness (QED) is 0.696. The first-order chi connectivity index (χ1) is 14.3. The Morgan fingerprint density at radius 1 is 0.967 bits per heavy atom. The normalized spacial score (nSPS) is 16.4. The smallest absolute Gasteiger partial charge is 0.267 e. The maximum absolute atomic E-state index is 13.3. The Bertz CT molecular complexity index is 1210. The van der Waals surface area contributed by atoms with Crippen molar-refractivity contribution in [1.29, 1.82) is 0 Å². The summed E-state index contributed by atoms with van der Waals surface area (Å²) in [5.74, 6) is -0.721. The molecule has 1 aliphatic heterocycles. The summed E-state index contributed by atoms with van der Waals surface area (Å²) in [7, 11) is -3.85. The highest BCUT2D eigenvalue weighted by atomic mass is 32.2. The summed E-state index contributed by atoms with van der Waals surface area (Å²) in [5, 5.41) is 11.0. The number of rotatable bonds is 4. The van der Waals surface area contributed by atoms with E-state index in [0.717, 1.165) is 11.1 Å². The third-order valence-electron chi connectivity index (χ3n) is 4.91. The van der Waals surface area contributed by atoms with E-state index in [4.69, 9.17) is 5.14 Å². The van der Waals surface area contributed by atoms with E-state index in [1.54, 1.807) is 12.1 Å². The van der Waals surface area contributed by atoms with Crippen molar-refractivity contribution in [1.82, 2.24) is 5.01 Å². The van der Waals surface area contributed by atoms with Crippen LogP contribution in [0.25, 0.3) is 0 Å². The zero-order valence-electron chi connectivity index (χ0n) is 15.8. The summed E-state index contributed by atoms with van der Waals surface area (Å²) in [6.07, 6.45) is 0.469. The van der Waals surface area contributed by atoms with Crippen LogP contribution in [0.15, 0.2) is 88.9 Å². The van der Waals surface area contributed by atoms with Gasteiger partial charge in [0.1, 0.15) is 5.82 Å². The van der Waals surface area contributed by atoms with Crippen LogP contribution in [0, 0.1) is 5.82 Å². The first kappa shape index (κ1) is 19.9. The van der Waals surface area contributed by atoms with Crippen LogP contribution >= 0.6 is 0 Å². The van der Waals surface area contributed by atoms with E-state index in [0.29, 0.717) is 12.1 Å². The second kappa shape index (κ2) is 7.81. The lowest BCUT2D eigenvalue weighted by Gasteiger charge is -2.22. The number of hydrogen-bond donors (Lipinski definition) is 1. The van der Waals surface area contributed by atoms with Gasteiger partial charge >= 0.3 is 0 Å². The van der Waals surface area contributed by atoms with Crippen LogP contribution in [0.1, 0.15) is 33.9 Å². The maximum atomic E-state index is 13.3. The molecule has 1 unspecified atom stereocenters. The molecular formula is C22H18FN3O3S. The van der Waals surface area contributed by atoms with Crippen molar-refractivity contribution in [2.24, 2.45) is 10.2 Å². The number of nitrogens with zero attached hydrogens (tertiary/aromatic N) is 2. The van der Waals surface area contributed by atoms with Gasteiger partial charge < -0.3 is 0 Å². The van der Waals surface area contributed by atoms with E-state index in [1.165, 1.54) is 41.4 Å². The molecular weight excluding hydrogens is 405 g/mol. The molecule has 1 aliphatic rings. The van der Waals surface area contributed by atoms with Gasteiger partial charge in [-0.1, -0.05) is 42.5 Å². The van der Waals surface area contributed by atoms with Crippen LogP contribution in [-0.2, 0) is 10.0 Å². The Kier molecular flexibility index (Phi) is 5.19. The summed E-state index contributed by atoms with van der Waals surface area (Å²) in [6, 6.07) is 20.5. The molecule has 0 aliphatic carbocycles. The number of sulfonamides is 1. The molecule has 0 spiro atoms. The van der Waals surface area contributed by atoms with E-state index in [2.05, 4.69) is 5.10 Å². The van der Waals surface area contributed by atoms with E-state index in [-0.39, 0.29) is 28.2 Å². The number of carbonyl (C=O) groups is 1. The SMILES string of the molecule is NS(=O)(=O)c1ccc(C(=O)N2N=C(c3ccc(F)cc3)CC2c2ccccc2)cc1. The molecule has 0 saturated heterocycles. The van der Waals surface area contributed by atoms with Crippen molar-refractivity contribution in [2.75, 3.05) is 0 Å². The molecule has 30 heavy (non-hydrogen) atoms. The number of nitrogens with two attached hydrogens (primary N) is 1. The van der Waals surface area contributed by atoms with Gasteiger partial charge in [-0.05, 0) is 47.5 Å². The molecule has 0 aromatic heterocycles. The predicted molar refractivity (Wildman–Crippen MR) is 111 cm³/mol. The zero-order valence-corrected chi connectivity index (χ0v) is 16.6. The number of hydrazone groups is 1. The zero-order chi connectivity index (χ0) is 21.3. The van der Waals surface area contributed by atoms with E-state index in [1.807, 2.05) is 30.3 Å². The van der Waals surface area contributed by atoms with Crippen LogP contribution in [-0.4, -0.2) is 25.0 Å². The minimum Gasteiger partial charge on any atom is -0.267 e. The van der Waals surface area contributed by atoms with Crippen LogP contribution < -0.4 is 5.14 Å². The molecule has 152 valence electrons. The van der Waals surface area contributed by atoms with Gasteiger partial charge in [0.15, 0.2) is 0 Å². The van der Waals surface area contributed by atoms with Crippen molar-refractivity contribution >= 4 is 21.6 Å². The van der Waals surface area contributed by atoms with Gasteiger partial charge in [0.25, 0.3) is 5.91 Å². The van der Waals surface area contributed by atoms with E-state index < -0.39 is 10.0 Å². The van der Waals surface area contributed by atoms with Gasteiger partial charge in [-0.25, -0.2) is 23.0 Å². The number of primary sulfonamides is 1. The molecule has 3 aromatic rings. The number of benzene rings is 3. The highest BCUT2D eigenvalue weighted by Gasteiger charge is 2.33. The second-order valence-corrected chi connectivity index (χ2v) is 8.46. The summed E-state index contributed by atoms with van der Waals surface area (Å²) < 4.78 is 36.2. The maximum Gasteiger partial charge on any atom is 0.274 e. The average Bonchev–Trinajstić information content (AvgIpc) is 3.19. The highest BCUT2D eigenvalue weighted by Crippen LogP contribution is 2.34. The first-order valence-corrected chi connectivity index (χ1v) is 10.7. The fraction of sp³-hybridized carbons (Fsp3) is 0.0909. The Morgan fingerprint density at radius 2 is 1.60 bits per heavy atom. The Morgan fingerprint density at radius 3 is 2.20 bits per heavy atom. The summed E-state index contributed by atoms with van der Waals surface area (Å²) in [6.45, 7) is 0. The molecule has 8 heteroatoms. The molecule has 1 heterocycles. The molecule has 0 saturated carbocycles. The van der Waals surface area contributed by atoms with Crippen molar-refractivity contribution in [3.05, 3.63) is 101 Å². The fourth-order valence-corrected chi connectivity index (χ4v) is 3.88. The Balaban J connectivity index is 1.70. The molecule has 0 radical (unpaired) electrons. The van der Waals surface area contributed by atoms with Crippen LogP contribution in [0.3, 0.4) is 0 Å². The second-order valence-electron chi connectivity index (χ2n) is 6.90. The fourth-order valence-electron chi connectivity index (χ4n) is 3.37. The van der Waals surface area contributed by atoms with Crippen LogP contribution in [0.2, 0.25) is 0 Å². The molecule has 3 aromatic carbocycles. The minimum atomic E-state index is -3.85. The van der Waals surface area contributed by atoms with Gasteiger partial charge in [-0.2, -0.15) is 5.10 Å². The number of amides is 1. The summed E-state index contributed by atoms with van der Waals surface area (Å²) in [5.41, 5.74) is 2.59. The topological polar surface area (TPSA) is 92.8 Å². The van der Waals surface area contributed by atoms with Crippen LogP contribution in [0.5, 0.6) is 0 Å². The molecule has 2 N–H and O–H groups in total. The highest BCUT2D eigenvalue weighted by molar-refractivity contribution is 7.89. The van der Waals surface area contributed by atoms with Gasteiger partial charge in [0.05, 0.1) is 16.6 Å². The largest absolute Gasteiger partial charge is 0.274 e. The van der Waals surface area contributed by atoms with Gasteiger partial charge in [0, 0.05) is 12.0 Å². The number of halogens is 1. The van der Waals surface area contributed by atoms with E-state index in [9.17, 15) is 17.6 Å². The van der Waals surface area contributed by atoms with Gasteiger partial charge in [0.2, 0.25) is 10.0 Å². The Hall–Kier alpha value is -3.36. The third-order valence-corrected chi connectivity index (χ3v) is 5.84. The van der Waals surface area contributed by atoms with Crippen LogP contribution in [0.4, 0.5) is 4.39 Å². The average molecular weight is 423 g/mol. The molecule has 4 rings (SSSR count). The molecule has 0 bridgehead atoms. The van der Waals surface area contributed by atoms with Crippen molar-refractivity contribution in [2.45, 2.75) is 17.4 Å². The monoisotopic (exact) mass is 423 g/mol. The minimum absolute atomic E-state index is 0.0735. The lowest BCUT2D eigenvalue weighted by Crippen LogP contribution is -2.27. The lowest BCUT2D eigenvalue weighted by atomic mass is 9.98. The standard InChI is InChI=1S/C22H18FN3O3S/c23-18-10-6-15(7-11-18)20-14-21(16-4-2-1-3-5-16)26(25-20)22(27)17-8-12-19(13-9-17)30(24,28)29/h1-13,21H,14H2,(H2,24,28,29). The molecule has 6 nitrogen and oxygen atoms in total. The first-order valence-electron chi connectivity index (χ1n) is 9.18.